The lowest BCUT2D eigenvalue weighted by Gasteiger charge is -2.15. The van der Waals surface area contributed by atoms with Crippen LogP contribution in [-0.2, 0) is 13.0 Å². The van der Waals surface area contributed by atoms with Crippen molar-refractivity contribution in [1.82, 2.24) is 10.1 Å². The molecule has 0 N–H and O–H groups in total. The van der Waals surface area contributed by atoms with Gasteiger partial charge in [-0.25, -0.2) is 0 Å². The third-order valence-corrected chi connectivity index (χ3v) is 4.64. The largest absolute Gasteiger partial charge is 0.461 e. The van der Waals surface area contributed by atoms with Crippen LogP contribution in [-0.4, -0.2) is 23.0 Å². The molecule has 0 radical (unpaired) electrons. The Labute approximate surface area is 157 Å². The molecule has 5 nitrogen and oxygen atoms in total. The van der Waals surface area contributed by atoms with Gasteiger partial charge in [-0.2, -0.15) is 0 Å². The number of aromatic nitrogens is 1. The summed E-state index contributed by atoms with van der Waals surface area (Å²) in [7, 11) is 1.76. The second kappa shape index (κ2) is 7.11. The van der Waals surface area contributed by atoms with Crippen LogP contribution in [0.5, 0.6) is 0 Å². The van der Waals surface area contributed by atoms with Crippen molar-refractivity contribution in [2.75, 3.05) is 7.05 Å². The molecule has 0 saturated heterocycles. The number of nitrogens with zero attached hydrogens (tertiary/aromatic N) is 2. The fourth-order valence-electron chi connectivity index (χ4n) is 3.23. The summed E-state index contributed by atoms with van der Waals surface area (Å²) in [5, 5.41) is 5.07. The monoisotopic (exact) mass is 360 g/mol. The van der Waals surface area contributed by atoms with Gasteiger partial charge in [0.15, 0.2) is 0 Å². The number of hydrogen-bond acceptors (Lipinski definition) is 4. The molecule has 0 aliphatic rings. The Morgan fingerprint density at radius 1 is 1.07 bits per heavy atom. The lowest BCUT2D eigenvalue weighted by molar-refractivity contribution is 0.0743. The third kappa shape index (κ3) is 3.24. The van der Waals surface area contributed by atoms with Crippen LogP contribution >= 0.6 is 0 Å². The van der Waals surface area contributed by atoms with E-state index in [0.717, 1.165) is 34.3 Å². The summed E-state index contributed by atoms with van der Waals surface area (Å²) in [6, 6.07) is 19.2. The predicted molar refractivity (Wildman–Crippen MR) is 103 cm³/mol. The van der Waals surface area contributed by atoms with Crippen LogP contribution in [0.15, 0.2) is 69.6 Å². The first-order valence-corrected chi connectivity index (χ1v) is 8.94. The van der Waals surface area contributed by atoms with Crippen LogP contribution in [0.25, 0.3) is 22.2 Å². The fraction of sp³-hybridized carbons (Fsp3) is 0.182. The van der Waals surface area contributed by atoms with Crippen LogP contribution in [0.2, 0.25) is 0 Å². The zero-order valence-electron chi connectivity index (χ0n) is 15.3. The van der Waals surface area contributed by atoms with Gasteiger partial charge in [0.05, 0.1) is 0 Å². The summed E-state index contributed by atoms with van der Waals surface area (Å²) in [6.45, 7) is 2.49. The molecule has 0 saturated carbocycles. The average Bonchev–Trinajstić information content (AvgIpc) is 3.33. The van der Waals surface area contributed by atoms with Gasteiger partial charge in [0.1, 0.15) is 17.0 Å². The first kappa shape index (κ1) is 17.1. The van der Waals surface area contributed by atoms with Crippen LogP contribution in [0, 0.1) is 0 Å². The van der Waals surface area contributed by atoms with Crippen LogP contribution in [0.3, 0.4) is 0 Å². The van der Waals surface area contributed by atoms with Crippen molar-refractivity contribution in [2.24, 2.45) is 0 Å². The summed E-state index contributed by atoms with van der Waals surface area (Å²) in [4.78, 5) is 14.4. The molecule has 0 spiro atoms. The lowest BCUT2D eigenvalue weighted by Crippen LogP contribution is -2.26. The van der Waals surface area contributed by atoms with E-state index >= 15 is 0 Å². The SMILES string of the molecule is CCc1oc2ccccc2c1CN(C)C(=O)c1cc(-c2ccccc2)no1. The highest BCUT2D eigenvalue weighted by atomic mass is 16.5. The molecule has 136 valence electrons. The van der Waals surface area contributed by atoms with Gasteiger partial charge in [-0.3, -0.25) is 4.79 Å². The summed E-state index contributed by atoms with van der Waals surface area (Å²) < 4.78 is 11.2. The predicted octanol–water partition coefficient (Wildman–Crippen LogP) is 4.92. The number of benzene rings is 2. The van der Waals surface area contributed by atoms with Crippen LogP contribution in [0.1, 0.15) is 28.8 Å². The quantitative estimate of drug-likeness (QED) is 0.507. The number of amides is 1. The highest BCUT2D eigenvalue weighted by Gasteiger charge is 2.21. The van der Waals surface area contributed by atoms with Crippen LogP contribution < -0.4 is 0 Å². The van der Waals surface area contributed by atoms with E-state index in [1.165, 1.54) is 0 Å². The minimum atomic E-state index is -0.211. The smallest absolute Gasteiger partial charge is 0.292 e. The zero-order chi connectivity index (χ0) is 18.8. The maximum Gasteiger partial charge on any atom is 0.292 e. The summed E-state index contributed by atoms with van der Waals surface area (Å²) in [5.41, 5.74) is 3.44. The molecule has 2 aromatic heterocycles. The Morgan fingerprint density at radius 2 is 1.81 bits per heavy atom. The molecule has 4 aromatic rings. The highest BCUT2D eigenvalue weighted by molar-refractivity contribution is 5.92. The molecule has 0 bridgehead atoms. The first-order valence-electron chi connectivity index (χ1n) is 8.94. The molecule has 0 atom stereocenters. The molecule has 5 heteroatoms. The van der Waals surface area contributed by atoms with Crippen LogP contribution in [0.4, 0.5) is 0 Å². The summed E-state index contributed by atoms with van der Waals surface area (Å²) in [6.07, 6.45) is 0.770. The molecule has 27 heavy (non-hydrogen) atoms. The van der Waals surface area contributed by atoms with Crippen molar-refractivity contribution < 1.29 is 13.7 Å². The fourth-order valence-corrected chi connectivity index (χ4v) is 3.23. The van der Waals surface area contributed by atoms with Gasteiger partial charge < -0.3 is 13.8 Å². The van der Waals surface area contributed by atoms with E-state index < -0.39 is 0 Å². The Bertz CT molecular complexity index is 1080. The van der Waals surface area contributed by atoms with Crippen molar-refractivity contribution in [2.45, 2.75) is 19.9 Å². The molecular formula is C22H20N2O3. The van der Waals surface area contributed by atoms with E-state index in [1.807, 2.05) is 61.5 Å². The van der Waals surface area contributed by atoms with Gasteiger partial charge in [0.25, 0.3) is 5.91 Å². The number of fused-ring (bicyclic) bond motifs is 1. The third-order valence-electron chi connectivity index (χ3n) is 4.64. The molecular weight excluding hydrogens is 340 g/mol. The lowest BCUT2D eigenvalue weighted by atomic mass is 10.1. The van der Waals surface area contributed by atoms with Crippen molar-refractivity contribution in [3.05, 3.63) is 77.7 Å². The van der Waals surface area contributed by atoms with E-state index in [0.29, 0.717) is 12.2 Å². The molecule has 0 aliphatic heterocycles. The van der Waals surface area contributed by atoms with Crippen molar-refractivity contribution in [1.29, 1.82) is 0 Å². The Kier molecular flexibility index (Phi) is 4.50. The number of rotatable bonds is 5. The van der Waals surface area contributed by atoms with Crippen molar-refractivity contribution in [3.63, 3.8) is 0 Å². The maximum absolute atomic E-state index is 12.8. The molecule has 4 rings (SSSR count). The Hall–Kier alpha value is -3.34. The first-order chi connectivity index (χ1) is 13.2. The molecule has 2 heterocycles. The van der Waals surface area contributed by atoms with Crippen molar-refractivity contribution in [3.8, 4) is 11.3 Å². The standard InChI is InChI=1S/C22H20N2O3/c1-3-19-17(16-11-7-8-12-20(16)26-19)14-24(2)22(25)21-13-18(23-27-21)15-9-5-4-6-10-15/h4-13H,3,14H2,1-2H3. The number of aryl methyl sites for hydroxylation is 1. The summed E-state index contributed by atoms with van der Waals surface area (Å²) >= 11 is 0. The van der Waals surface area contributed by atoms with Gasteiger partial charge in [0, 0.05) is 42.6 Å². The highest BCUT2D eigenvalue weighted by Crippen LogP contribution is 2.28. The maximum atomic E-state index is 12.8. The number of carbonyl (C=O) groups is 1. The normalized spacial score (nSPS) is 11.0. The minimum absolute atomic E-state index is 0.211. The van der Waals surface area contributed by atoms with E-state index in [1.54, 1.807) is 18.0 Å². The van der Waals surface area contributed by atoms with E-state index in [2.05, 4.69) is 5.16 Å². The van der Waals surface area contributed by atoms with E-state index in [4.69, 9.17) is 8.94 Å². The van der Waals surface area contributed by atoms with Gasteiger partial charge in [-0.1, -0.05) is 60.6 Å². The number of para-hydroxylation sites is 1. The van der Waals surface area contributed by atoms with Crippen molar-refractivity contribution >= 4 is 16.9 Å². The number of hydrogen-bond donors (Lipinski definition) is 0. The molecule has 1 amide bonds. The number of carbonyl (C=O) groups excluding carboxylic acids is 1. The topological polar surface area (TPSA) is 59.5 Å². The Balaban J connectivity index is 1.58. The molecule has 2 aromatic carbocycles. The second-order valence-electron chi connectivity index (χ2n) is 6.46. The van der Waals surface area contributed by atoms with Gasteiger partial charge in [-0.05, 0) is 6.07 Å². The minimum Gasteiger partial charge on any atom is -0.461 e. The Morgan fingerprint density at radius 3 is 2.59 bits per heavy atom. The van der Waals surface area contributed by atoms with Gasteiger partial charge in [0.2, 0.25) is 5.76 Å². The molecule has 0 aliphatic carbocycles. The average molecular weight is 360 g/mol. The zero-order valence-corrected chi connectivity index (χ0v) is 15.3. The van der Waals surface area contributed by atoms with Gasteiger partial charge in [-0.15, -0.1) is 0 Å². The molecule has 0 unspecified atom stereocenters. The molecule has 0 fully saturated rings. The van der Waals surface area contributed by atoms with Gasteiger partial charge >= 0.3 is 0 Å². The number of furan rings is 1. The van der Waals surface area contributed by atoms with E-state index in [-0.39, 0.29) is 11.7 Å². The van der Waals surface area contributed by atoms with E-state index in [9.17, 15) is 4.79 Å². The second-order valence-corrected chi connectivity index (χ2v) is 6.46. The summed E-state index contributed by atoms with van der Waals surface area (Å²) in [5.74, 6) is 0.914.